The molecule has 0 unspecified atom stereocenters. The van der Waals surface area contributed by atoms with Gasteiger partial charge in [-0.2, -0.15) is 0 Å². The Morgan fingerprint density at radius 3 is 2.64 bits per heavy atom. The summed E-state index contributed by atoms with van der Waals surface area (Å²) in [5, 5.41) is 6.36. The van der Waals surface area contributed by atoms with Crippen molar-refractivity contribution in [1.29, 1.82) is 0 Å². The van der Waals surface area contributed by atoms with Crippen LogP contribution in [-0.2, 0) is 18.4 Å². The third-order valence-corrected chi connectivity index (χ3v) is 4.58. The molecule has 2 aromatic rings. The molecule has 1 amide bonds. The Balaban J connectivity index is 1.52. The predicted octanol–water partition coefficient (Wildman–Crippen LogP) is 2.85. The number of carbonyl (C=O) groups excluding carboxylic acids is 1. The second-order valence-corrected chi connectivity index (χ2v) is 6.63. The number of rotatable bonds is 6. The topological polar surface area (TPSA) is 62.2 Å². The summed E-state index contributed by atoms with van der Waals surface area (Å²) in [5.74, 6) is 1.03. The Labute approximate surface area is 149 Å². The summed E-state index contributed by atoms with van der Waals surface area (Å²) < 4.78 is 1.99. The molecule has 134 valence electrons. The fraction of sp³-hybridized carbons (Fsp3) is 0.474. The lowest BCUT2D eigenvalue weighted by Crippen LogP contribution is -2.33. The van der Waals surface area contributed by atoms with Gasteiger partial charge in [0.15, 0.2) is 0 Å². The van der Waals surface area contributed by atoms with Gasteiger partial charge in [0, 0.05) is 30.8 Å². The van der Waals surface area contributed by atoms with Crippen LogP contribution in [0.25, 0.3) is 0 Å². The molecule has 25 heavy (non-hydrogen) atoms. The molecule has 6 heteroatoms. The third kappa shape index (κ3) is 5.32. The normalized spacial score (nSPS) is 15.6. The van der Waals surface area contributed by atoms with E-state index >= 15 is 0 Å². The maximum atomic E-state index is 12.3. The van der Waals surface area contributed by atoms with Crippen LogP contribution in [0.15, 0.2) is 36.7 Å². The van der Waals surface area contributed by atoms with Crippen LogP contribution in [0.1, 0.15) is 31.5 Å². The second-order valence-electron chi connectivity index (χ2n) is 6.63. The van der Waals surface area contributed by atoms with Crippen LogP contribution in [0.5, 0.6) is 0 Å². The zero-order chi connectivity index (χ0) is 17.5. The number of imidazole rings is 1. The second kappa shape index (κ2) is 8.67. The highest BCUT2D eigenvalue weighted by atomic mass is 16.2. The number of likely N-dealkylation sites (tertiary alicyclic amines) is 1. The number of aromatic nitrogens is 2. The van der Waals surface area contributed by atoms with Crippen molar-refractivity contribution in [2.75, 3.05) is 30.3 Å². The molecule has 6 nitrogen and oxygen atoms in total. The van der Waals surface area contributed by atoms with Gasteiger partial charge in [0.1, 0.15) is 5.82 Å². The van der Waals surface area contributed by atoms with Gasteiger partial charge in [0.05, 0.1) is 13.1 Å². The summed E-state index contributed by atoms with van der Waals surface area (Å²) in [7, 11) is 1.98. The minimum absolute atomic E-state index is 0.0585. The van der Waals surface area contributed by atoms with Crippen LogP contribution >= 0.6 is 0 Å². The highest BCUT2D eigenvalue weighted by molar-refractivity contribution is 5.92. The van der Waals surface area contributed by atoms with Gasteiger partial charge >= 0.3 is 0 Å². The van der Waals surface area contributed by atoms with Gasteiger partial charge in [-0.15, -0.1) is 0 Å². The molecule has 0 bridgehead atoms. The number of nitrogens with one attached hydrogen (secondary N) is 2. The number of aryl methyl sites for hydroxylation is 1. The molecular weight excluding hydrogens is 314 g/mol. The number of hydrogen-bond acceptors (Lipinski definition) is 4. The Morgan fingerprint density at radius 1 is 1.16 bits per heavy atom. The third-order valence-electron chi connectivity index (χ3n) is 4.58. The number of amides is 1. The first-order chi connectivity index (χ1) is 12.2. The van der Waals surface area contributed by atoms with E-state index in [-0.39, 0.29) is 5.91 Å². The first-order valence-corrected chi connectivity index (χ1v) is 9.03. The van der Waals surface area contributed by atoms with Gasteiger partial charge in [-0.25, -0.2) is 4.98 Å². The molecule has 0 saturated carbocycles. The van der Waals surface area contributed by atoms with Crippen LogP contribution in [0.2, 0.25) is 0 Å². The molecule has 1 fully saturated rings. The molecule has 2 heterocycles. The fourth-order valence-corrected chi connectivity index (χ4v) is 3.15. The molecule has 1 aromatic heterocycles. The molecule has 1 aliphatic heterocycles. The van der Waals surface area contributed by atoms with Gasteiger partial charge < -0.3 is 15.2 Å². The molecule has 1 aromatic carbocycles. The summed E-state index contributed by atoms with van der Waals surface area (Å²) in [6.45, 7) is 3.18. The van der Waals surface area contributed by atoms with Gasteiger partial charge in [0.2, 0.25) is 5.91 Å². The molecule has 1 saturated heterocycles. The summed E-state index contributed by atoms with van der Waals surface area (Å²) in [6.07, 6.45) is 8.66. The zero-order valence-corrected chi connectivity index (χ0v) is 14.9. The van der Waals surface area contributed by atoms with Gasteiger partial charge in [0.25, 0.3) is 0 Å². The van der Waals surface area contributed by atoms with Crippen LogP contribution < -0.4 is 10.6 Å². The number of anilines is 2. The van der Waals surface area contributed by atoms with E-state index in [4.69, 9.17) is 0 Å². The molecule has 1 aliphatic rings. The first kappa shape index (κ1) is 17.5. The summed E-state index contributed by atoms with van der Waals surface area (Å²) in [4.78, 5) is 18.9. The van der Waals surface area contributed by atoms with Gasteiger partial charge in [-0.1, -0.05) is 18.9 Å². The van der Waals surface area contributed by atoms with E-state index in [0.717, 1.165) is 30.3 Å². The summed E-state index contributed by atoms with van der Waals surface area (Å²) in [6, 6.07) is 7.82. The molecule has 0 atom stereocenters. The van der Waals surface area contributed by atoms with E-state index in [1.807, 2.05) is 42.1 Å². The van der Waals surface area contributed by atoms with Crippen molar-refractivity contribution in [3.05, 3.63) is 42.5 Å². The SMILES string of the molecule is Cn1ccnc1CNc1cccc(NC(=O)CN2CCCCCC2)c1. The van der Waals surface area contributed by atoms with Crippen molar-refractivity contribution in [2.24, 2.45) is 7.05 Å². The highest BCUT2D eigenvalue weighted by Gasteiger charge is 2.13. The van der Waals surface area contributed by atoms with Crippen LogP contribution in [0.3, 0.4) is 0 Å². The average molecular weight is 341 g/mol. The molecule has 0 spiro atoms. The van der Waals surface area contributed by atoms with Crippen molar-refractivity contribution in [3.8, 4) is 0 Å². The van der Waals surface area contributed by atoms with Gasteiger partial charge in [-0.3, -0.25) is 9.69 Å². The monoisotopic (exact) mass is 341 g/mol. The van der Waals surface area contributed by atoms with Crippen molar-refractivity contribution in [1.82, 2.24) is 14.5 Å². The van der Waals surface area contributed by atoms with Crippen molar-refractivity contribution >= 4 is 17.3 Å². The molecule has 0 aliphatic carbocycles. The van der Waals surface area contributed by atoms with E-state index in [1.165, 1.54) is 25.7 Å². The Kier molecular flexibility index (Phi) is 6.06. The minimum Gasteiger partial charge on any atom is -0.378 e. The van der Waals surface area contributed by atoms with Gasteiger partial charge in [-0.05, 0) is 44.1 Å². The van der Waals surface area contributed by atoms with Crippen LogP contribution in [0.4, 0.5) is 11.4 Å². The van der Waals surface area contributed by atoms with Crippen LogP contribution in [-0.4, -0.2) is 40.0 Å². The largest absolute Gasteiger partial charge is 0.378 e. The standard InChI is InChI=1S/C19H27N5O/c1-23-12-9-20-18(23)14-21-16-7-6-8-17(13-16)22-19(25)15-24-10-4-2-3-5-11-24/h6-9,12-13,21H,2-5,10-11,14-15H2,1H3,(H,22,25). The summed E-state index contributed by atoms with van der Waals surface area (Å²) in [5.41, 5.74) is 1.79. The van der Waals surface area contributed by atoms with Crippen molar-refractivity contribution in [3.63, 3.8) is 0 Å². The number of benzene rings is 1. The maximum absolute atomic E-state index is 12.3. The highest BCUT2D eigenvalue weighted by Crippen LogP contribution is 2.16. The lowest BCUT2D eigenvalue weighted by molar-refractivity contribution is -0.117. The lowest BCUT2D eigenvalue weighted by Gasteiger charge is -2.19. The van der Waals surface area contributed by atoms with E-state index in [9.17, 15) is 4.79 Å². The quantitative estimate of drug-likeness (QED) is 0.848. The maximum Gasteiger partial charge on any atom is 0.238 e. The number of hydrogen-bond donors (Lipinski definition) is 2. The Morgan fingerprint density at radius 2 is 1.92 bits per heavy atom. The van der Waals surface area contributed by atoms with Crippen molar-refractivity contribution in [2.45, 2.75) is 32.2 Å². The van der Waals surface area contributed by atoms with E-state index in [1.54, 1.807) is 6.20 Å². The van der Waals surface area contributed by atoms with E-state index in [2.05, 4.69) is 20.5 Å². The molecule has 3 rings (SSSR count). The average Bonchev–Trinajstić information content (AvgIpc) is 2.84. The minimum atomic E-state index is 0.0585. The molecule has 0 radical (unpaired) electrons. The fourth-order valence-electron chi connectivity index (χ4n) is 3.15. The Hall–Kier alpha value is -2.34. The molecule has 2 N–H and O–H groups in total. The van der Waals surface area contributed by atoms with E-state index < -0.39 is 0 Å². The van der Waals surface area contributed by atoms with E-state index in [0.29, 0.717) is 13.1 Å². The van der Waals surface area contributed by atoms with Crippen LogP contribution in [0, 0.1) is 0 Å². The first-order valence-electron chi connectivity index (χ1n) is 9.03. The predicted molar refractivity (Wildman–Crippen MR) is 101 cm³/mol. The number of nitrogens with zero attached hydrogens (tertiary/aromatic N) is 3. The summed E-state index contributed by atoms with van der Waals surface area (Å²) >= 11 is 0. The van der Waals surface area contributed by atoms with Crippen molar-refractivity contribution < 1.29 is 4.79 Å². The smallest absolute Gasteiger partial charge is 0.238 e. The molecular formula is C19H27N5O. The lowest BCUT2D eigenvalue weighted by atomic mass is 10.2. The number of carbonyl (C=O) groups is 1. The Bertz CT molecular complexity index is 689. The zero-order valence-electron chi connectivity index (χ0n) is 14.9.